The molecule has 1 amide bonds. The first-order valence-corrected chi connectivity index (χ1v) is 11.6. The predicted octanol–water partition coefficient (Wildman–Crippen LogP) is 3.36. The number of anilines is 1. The largest absolute Gasteiger partial charge is 0.495 e. The first-order chi connectivity index (χ1) is 15.4. The van der Waals surface area contributed by atoms with Gasteiger partial charge in [0.15, 0.2) is 0 Å². The predicted molar refractivity (Wildman–Crippen MR) is 119 cm³/mol. The Balaban J connectivity index is 1.48. The molecule has 9 heteroatoms. The highest BCUT2D eigenvalue weighted by atomic mass is 32.2. The first kappa shape index (κ1) is 21.8. The van der Waals surface area contributed by atoms with Gasteiger partial charge in [-0.15, -0.1) is 0 Å². The minimum absolute atomic E-state index is 0.0587. The summed E-state index contributed by atoms with van der Waals surface area (Å²) in [6.45, 7) is 0.346. The number of rotatable bonds is 9. The van der Waals surface area contributed by atoms with Crippen molar-refractivity contribution in [1.29, 1.82) is 0 Å². The van der Waals surface area contributed by atoms with Crippen LogP contribution in [-0.4, -0.2) is 32.5 Å². The van der Waals surface area contributed by atoms with Crippen LogP contribution in [0.4, 0.5) is 5.69 Å². The summed E-state index contributed by atoms with van der Waals surface area (Å²) in [7, 11) is -2.40. The second-order valence-electron chi connectivity index (χ2n) is 7.39. The maximum atomic E-state index is 12.8. The number of methoxy groups -OCH3 is 1. The molecule has 0 spiro atoms. The summed E-state index contributed by atoms with van der Waals surface area (Å²) in [5.74, 6) is 0.318. The number of hydrogen-bond donors (Lipinski definition) is 2. The molecule has 32 heavy (non-hydrogen) atoms. The Morgan fingerprint density at radius 2 is 1.97 bits per heavy atom. The van der Waals surface area contributed by atoms with Crippen LogP contribution in [0.3, 0.4) is 0 Å². The van der Waals surface area contributed by atoms with Crippen molar-refractivity contribution in [2.45, 2.75) is 30.4 Å². The molecule has 4 rings (SSSR count). The Labute approximate surface area is 186 Å². The van der Waals surface area contributed by atoms with E-state index in [9.17, 15) is 13.2 Å². The minimum Gasteiger partial charge on any atom is -0.495 e. The van der Waals surface area contributed by atoms with Crippen molar-refractivity contribution in [2.75, 3.05) is 12.4 Å². The van der Waals surface area contributed by atoms with Gasteiger partial charge in [-0.25, -0.2) is 13.1 Å². The number of ether oxygens (including phenoxy) is 2. The van der Waals surface area contributed by atoms with E-state index in [4.69, 9.17) is 9.47 Å². The van der Waals surface area contributed by atoms with Crippen LogP contribution < -0.4 is 19.5 Å². The van der Waals surface area contributed by atoms with Crippen LogP contribution in [0.25, 0.3) is 0 Å². The van der Waals surface area contributed by atoms with Gasteiger partial charge in [0.05, 0.1) is 7.11 Å². The Hall–Kier alpha value is -3.43. The standard InChI is InChI=1S/C23H23N3O5S/c1-30-21-10-7-17(12-22(21)32(28,29)26-18-8-9-18)23(27)25-19-5-2-6-20(13-19)31-15-16-4-3-11-24-14-16/h2-7,10-14,18,26H,8-9,15H2,1H3,(H,25,27). The molecule has 0 bridgehead atoms. The summed E-state index contributed by atoms with van der Waals surface area (Å²) in [6.07, 6.45) is 5.03. The van der Waals surface area contributed by atoms with E-state index in [1.165, 1.54) is 25.3 Å². The summed E-state index contributed by atoms with van der Waals surface area (Å²) >= 11 is 0. The summed E-state index contributed by atoms with van der Waals surface area (Å²) in [6, 6.07) is 15.0. The van der Waals surface area contributed by atoms with Gasteiger partial charge >= 0.3 is 0 Å². The lowest BCUT2D eigenvalue weighted by atomic mass is 10.2. The third-order valence-corrected chi connectivity index (χ3v) is 6.38. The number of nitrogens with zero attached hydrogens (tertiary/aromatic N) is 1. The molecular weight excluding hydrogens is 430 g/mol. The van der Waals surface area contributed by atoms with Crippen LogP contribution in [0.2, 0.25) is 0 Å². The average molecular weight is 454 g/mol. The number of carbonyl (C=O) groups is 1. The lowest BCUT2D eigenvalue weighted by molar-refractivity contribution is 0.102. The number of amides is 1. The van der Waals surface area contributed by atoms with Gasteiger partial charge in [0.25, 0.3) is 5.91 Å². The molecule has 1 aliphatic rings. The van der Waals surface area contributed by atoms with Crippen LogP contribution in [0.15, 0.2) is 71.9 Å². The fourth-order valence-corrected chi connectivity index (χ4v) is 4.53. The molecule has 0 saturated heterocycles. The lowest BCUT2D eigenvalue weighted by Crippen LogP contribution is -2.26. The van der Waals surface area contributed by atoms with Gasteiger partial charge in [-0.1, -0.05) is 12.1 Å². The highest BCUT2D eigenvalue weighted by Gasteiger charge is 2.30. The van der Waals surface area contributed by atoms with Crippen LogP contribution in [0, 0.1) is 0 Å². The summed E-state index contributed by atoms with van der Waals surface area (Å²) in [5, 5.41) is 2.78. The van der Waals surface area contributed by atoms with Crippen molar-refractivity contribution in [2.24, 2.45) is 0 Å². The van der Waals surface area contributed by atoms with Crippen LogP contribution >= 0.6 is 0 Å². The molecular formula is C23H23N3O5S. The fourth-order valence-electron chi connectivity index (χ4n) is 3.03. The number of aromatic nitrogens is 1. The Kier molecular flexibility index (Phi) is 6.38. The van der Waals surface area contributed by atoms with Gasteiger partial charge in [0, 0.05) is 41.3 Å². The average Bonchev–Trinajstić information content (AvgIpc) is 3.61. The van der Waals surface area contributed by atoms with Gasteiger partial charge in [-0.05, 0) is 49.2 Å². The number of nitrogens with one attached hydrogen (secondary N) is 2. The van der Waals surface area contributed by atoms with Crippen LogP contribution in [0.1, 0.15) is 28.8 Å². The zero-order valence-electron chi connectivity index (χ0n) is 17.4. The number of sulfonamides is 1. The second kappa shape index (κ2) is 9.37. The minimum atomic E-state index is -3.79. The maximum Gasteiger partial charge on any atom is 0.255 e. The number of hydrogen-bond acceptors (Lipinski definition) is 6. The van der Waals surface area contributed by atoms with Crippen molar-refractivity contribution in [1.82, 2.24) is 9.71 Å². The Morgan fingerprint density at radius 3 is 2.69 bits per heavy atom. The zero-order chi connectivity index (χ0) is 22.6. The maximum absolute atomic E-state index is 12.8. The van der Waals surface area contributed by atoms with Crippen molar-refractivity contribution in [3.05, 3.63) is 78.1 Å². The van der Waals surface area contributed by atoms with Gasteiger partial charge in [-0.3, -0.25) is 9.78 Å². The Morgan fingerprint density at radius 1 is 1.12 bits per heavy atom. The summed E-state index contributed by atoms with van der Waals surface area (Å²) in [4.78, 5) is 16.8. The lowest BCUT2D eigenvalue weighted by Gasteiger charge is -2.13. The monoisotopic (exact) mass is 453 g/mol. The topological polar surface area (TPSA) is 107 Å². The molecule has 1 heterocycles. The molecule has 3 aromatic rings. The van der Waals surface area contributed by atoms with Crippen LogP contribution in [-0.2, 0) is 16.6 Å². The molecule has 1 aromatic heterocycles. The van der Waals surface area contributed by atoms with Gasteiger partial charge < -0.3 is 14.8 Å². The fraction of sp³-hybridized carbons (Fsp3) is 0.217. The van der Waals surface area contributed by atoms with Crippen molar-refractivity contribution in [3.63, 3.8) is 0 Å². The molecule has 8 nitrogen and oxygen atoms in total. The molecule has 1 fully saturated rings. The van der Waals surface area contributed by atoms with Gasteiger partial charge in [-0.2, -0.15) is 0 Å². The second-order valence-corrected chi connectivity index (χ2v) is 9.08. The van der Waals surface area contributed by atoms with E-state index in [0.29, 0.717) is 18.0 Å². The van der Waals surface area contributed by atoms with Gasteiger partial charge in [0.2, 0.25) is 10.0 Å². The molecule has 1 aliphatic carbocycles. The SMILES string of the molecule is COc1ccc(C(=O)Nc2cccc(OCc3cccnc3)c2)cc1S(=O)(=O)NC1CC1. The van der Waals surface area contributed by atoms with Crippen molar-refractivity contribution < 1.29 is 22.7 Å². The zero-order valence-corrected chi connectivity index (χ0v) is 18.3. The highest BCUT2D eigenvalue weighted by molar-refractivity contribution is 7.89. The van der Waals surface area contributed by atoms with Crippen LogP contribution in [0.5, 0.6) is 11.5 Å². The third-order valence-electron chi connectivity index (χ3n) is 4.83. The number of pyridine rings is 1. The number of benzene rings is 2. The molecule has 2 aromatic carbocycles. The van der Waals surface area contributed by atoms with Gasteiger partial charge in [0.1, 0.15) is 23.0 Å². The van der Waals surface area contributed by atoms with E-state index in [2.05, 4.69) is 15.0 Å². The van der Waals surface area contributed by atoms with Crippen molar-refractivity contribution in [3.8, 4) is 11.5 Å². The quantitative estimate of drug-likeness (QED) is 0.515. The van der Waals surface area contributed by atoms with E-state index >= 15 is 0 Å². The van der Waals surface area contributed by atoms with E-state index < -0.39 is 15.9 Å². The number of carbonyl (C=O) groups excluding carboxylic acids is 1. The highest BCUT2D eigenvalue weighted by Crippen LogP contribution is 2.29. The summed E-state index contributed by atoms with van der Waals surface area (Å²) < 4.78 is 38.9. The molecule has 0 radical (unpaired) electrons. The third kappa shape index (κ3) is 5.43. The van der Waals surface area contributed by atoms with E-state index in [0.717, 1.165) is 18.4 Å². The van der Waals surface area contributed by atoms with E-state index in [1.54, 1.807) is 36.7 Å². The normalized spacial score (nSPS) is 13.4. The molecule has 2 N–H and O–H groups in total. The molecule has 0 atom stereocenters. The Bertz CT molecular complexity index is 1210. The smallest absolute Gasteiger partial charge is 0.255 e. The van der Waals surface area contributed by atoms with E-state index in [-0.39, 0.29) is 22.3 Å². The van der Waals surface area contributed by atoms with Crippen molar-refractivity contribution >= 4 is 21.6 Å². The first-order valence-electron chi connectivity index (χ1n) is 10.1. The molecule has 0 unspecified atom stereocenters. The molecule has 166 valence electrons. The molecule has 1 saturated carbocycles. The van der Waals surface area contributed by atoms with E-state index in [1.807, 2.05) is 12.1 Å². The molecule has 0 aliphatic heterocycles. The summed E-state index contributed by atoms with van der Waals surface area (Å²) in [5.41, 5.74) is 1.65.